The second-order valence-corrected chi connectivity index (χ2v) is 2.45. The van der Waals surface area contributed by atoms with Crippen LogP contribution in [0.25, 0.3) is 0 Å². The van der Waals surface area contributed by atoms with Crippen LogP contribution in [-0.4, -0.2) is 23.3 Å². The lowest BCUT2D eigenvalue weighted by molar-refractivity contribution is 0.0594. The monoisotopic (exact) mass is 194 g/mol. The number of hydrogen-bond donors (Lipinski definition) is 1. The molecule has 1 aromatic rings. The van der Waals surface area contributed by atoms with Gasteiger partial charge in [-0.15, -0.1) is 0 Å². The Bertz CT molecular complexity index is 284. The van der Waals surface area contributed by atoms with Crippen molar-refractivity contribution in [2.75, 3.05) is 7.11 Å². The molecule has 0 bridgehead atoms. The molecule has 0 aliphatic heterocycles. The molecule has 1 aromatic heterocycles. The maximum atomic E-state index is 10.8. The molecule has 6 heteroatoms. The van der Waals surface area contributed by atoms with Crippen LogP contribution in [0.2, 0.25) is 10.2 Å². The van der Waals surface area contributed by atoms with Crippen LogP contribution >= 0.6 is 23.2 Å². The standard InChI is InChI=1S/C5H4Cl2N2O2/c1-11-5(10)3-2(6)4(7)9-8-3/h1H3,(H,8,9). The highest BCUT2D eigenvalue weighted by Gasteiger charge is 2.16. The molecule has 60 valence electrons. The molecule has 0 aromatic carbocycles. The van der Waals surface area contributed by atoms with Gasteiger partial charge in [-0.25, -0.2) is 4.79 Å². The Morgan fingerprint density at radius 1 is 1.64 bits per heavy atom. The van der Waals surface area contributed by atoms with E-state index in [2.05, 4.69) is 14.9 Å². The zero-order valence-electron chi connectivity index (χ0n) is 5.52. The van der Waals surface area contributed by atoms with Crippen LogP contribution in [0.3, 0.4) is 0 Å². The van der Waals surface area contributed by atoms with Gasteiger partial charge in [0.1, 0.15) is 10.2 Å². The van der Waals surface area contributed by atoms with Crippen molar-refractivity contribution in [2.45, 2.75) is 0 Å². The van der Waals surface area contributed by atoms with E-state index in [0.717, 1.165) is 0 Å². The molecular formula is C5H4Cl2N2O2. The lowest BCUT2D eigenvalue weighted by Crippen LogP contribution is -2.01. The highest BCUT2D eigenvalue weighted by atomic mass is 35.5. The normalized spacial score (nSPS) is 9.73. The summed E-state index contributed by atoms with van der Waals surface area (Å²) in [7, 11) is 1.24. The van der Waals surface area contributed by atoms with Gasteiger partial charge in [0.2, 0.25) is 0 Å². The van der Waals surface area contributed by atoms with Gasteiger partial charge >= 0.3 is 5.97 Å². The zero-order chi connectivity index (χ0) is 8.43. The molecule has 0 fully saturated rings. The van der Waals surface area contributed by atoms with Crippen LogP contribution in [-0.2, 0) is 4.74 Å². The number of carbonyl (C=O) groups excluding carboxylic acids is 1. The molecule has 1 N–H and O–H groups in total. The van der Waals surface area contributed by atoms with Crippen molar-refractivity contribution in [3.8, 4) is 0 Å². The highest BCUT2D eigenvalue weighted by Crippen LogP contribution is 2.22. The number of ether oxygens (including phenoxy) is 1. The number of halogens is 2. The summed E-state index contributed by atoms with van der Waals surface area (Å²) < 4.78 is 4.37. The summed E-state index contributed by atoms with van der Waals surface area (Å²) in [5, 5.41) is 6.07. The Morgan fingerprint density at radius 2 is 2.27 bits per heavy atom. The molecule has 0 spiro atoms. The quantitative estimate of drug-likeness (QED) is 0.690. The van der Waals surface area contributed by atoms with Crippen LogP contribution in [0.5, 0.6) is 0 Å². The van der Waals surface area contributed by atoms with Gasteiger partial charge in [-0.05, 0) is 0 Å². The van der Waals surface area contributed by atoms with Crippen molar-refractivity contribution in [3.63, 3.8) is 0 Å². The van der Waals surface area contributed by atoms with E-state index in [0.29, 0.717) is 0 Å². The van der Waals surface area contributed by atoms with Crippen LogP contribution in [0.15, 0.2) is 0 Å². The number of H-pyrrole nitrogens is 1. The van der Waals surface area contributed by atoms with Gasteiger partial charge in [-0.2, -0.15) is 5.10 Å². The van der Waals surface area contributed by atoms with E-state index in [-0.39, 0.29) is 15.9 Å². The first-order valence-corrected chi connectivity index (χ1v) is 3.40. The Hall–Kier alpha value is -0.740. The van der Waals surface area contributed by atoms with Crippen molar-refractivity contribution < 1.29 is 9.53 Å². The van der Waals surface area contributed by atoms with Crippen LogP contribution in [0.4, 0.5) is 0 Å². The van der Waals surface area contributed by atoms with Crippen LogP contribution in [0.1, 0.15) is 10.5 Å². The summed E-state index contributed by atoms with van der Waals surface area (Å²) in [6.07, 6.45) is 0. The van der Waals surface area contributed by atoms with E-state index in [9.17, 15) is 4.79 Å². The van der Waals surface area contributed by atoms with Gasteiger partial charge in [-0.1, -0.05) is 23.2 Å². The maximum Gasteiger partial charge on any atom is 0.360 e. The van der Waals surface area contributed by atoms with E-state index in [1.165, 1.54) is 7.11 Å². The number of esters is 1. The molecule has 0 amide bonds. The molecule has 0 radical (unpaired) electrons. The first-order chi connectivity index (χ1) is 5.16. The molecule has 0 unspecified atom stereocenters. The number of hydrogen-bond acceptors (Lipinski definition) is 3. The maximum absolute atomic E-state index is 10.8. The van der Waals surface area contributed by atoms with Gasteiger partial charge in [-0.3, -0.25) is 5.10 Å². The van der Waals surface area contributed by atoms with Gasteiger partial charge in [0, 0.05) is 0 Å². The van der Waals surface area contributed by atoms with Crippen LogP contribution in [0, 0.1) is 0 Å². The van der Waals surface area contributed by atoms with Crippen molar-refractivity contribution in [3.05, 3.63) is 15.9 Å². The summed E-state index contributed by atoms with van der Waals surface area (Å²) in [6, 6.07) is 0. The molecule has 0 saturated carbocycles. The summed E-state index contributed by atoms with van der Waals surface area (Å²) >= 11 is 11.0. The van der Waals surface area contributed by atoms with Crippen molar-refractivity contribution >= 4 is 29.2 Å². The molecular weight excluding hydrogens is 191 g/mol. The molecule has 0 saturated heterocycles. The number of aromatic amines is 1. The smallest absolute Gasteiger partial charge is 0.360 e. The second-order valence-electron chi connectivity index (χ2n) is 1.69. The lowest BCUT2D eigenvalue weighted by Gasteiger charge is -1.91. The van der Waals surface area contributed by atoms with E-state index in [1.807, 2.05) is 0 Å². The minimum atomic E-state index is -0.613. The molecule has 11 heavy (non-hydrogen) atoms. The minimum absolute atomic E-state index is 0.000772. The Kier molecular flexibility index (Phi) is 2.36. The fraction of sp³-hybridized carbons (Fsp3) is 0.200. The number of methoxy groups -OCH3 is 1. The molecule has 1 heterocycles. The zero-order valence-corrected chi connectivity index (χ0v) is 7.03. The van der Waals surface area contributed by atoms with Gasteiger partial charge in [0.15, 0.2) is 5.69 Å². The topological polar surface area (TPSA) is 55.0 Å². The number of carbonyl (C=O) groups is 1. The van der Waals surface area contributed by atoms with E-state index in [4.69, 9.17) is 23.2 Å². The number of aromatic nitrogens is 2. The largest absolute Gasteiger partial charge is 0.464 e. The molecule has 0 aliphatic rings. The predicted molar refractivity (Wildman–Crippen MR) is 39.9 cm³/mol. The molecule has 0 aliphatic carbocycles. The Morgan fingerprint density at radius 3 is 2.64 bits per heavy atom. The highest BCUT2D eigenvalue weighted by molar-refractivity contribution is 6.42. The number of nitrogens with zero attached hydrogens (tertiary/aromatic N) is 1. The number of rotatable bonds is 1. The molecule has 4 nitrogen and oxygen atoms in total. The Labute approximate surface area is 72.4 Å². The van der Waals surface area contributed by atoms with Gasteiger partial charge < -0.3 is 4.74 Å². The number of nitrogens with one attached hydrogen (secondary N) is 1. The van der Waals surface area contributed by atoms with E-state index < -0.39 is 5.97 Å². The SMILES string of the molecule is COC(=O)c1n[nH]c(Cl)c1Cl. The second kappa shape index (κ2) is 3.11. The lowest BCUT2D eigenvalue weighted by atomic mass is 10.4. The first-order valence-electron chi connectivity index (χ1n) is 2.64. The fourth-order valence-electron chi connectivity index (χ4n) is 0.539. The van der Waals surface area contributed by atoms with Crippen LogP contribution < -0.4 is 0 Å². The summed E-state index contributed by atoms with van der Waals surface area (Å²) in [5.74, 6) is -0.613. The average molecular weight is 195 g/mol. The third kappa shape index (κ3) is 1.46. The van der Waals surface area contributed by atoms with Gasteiger partial charge in [0.05, 0.1) is 7.11 Å². The summed E-state index contributed by atoms with van der Waals surface area (Å²) in [6.45, 7) is 0. The summed E-state index contributed by atoms with van der Waals surface area (Å²) in [5.41, 5.74) is -0.000772. The Balaban J connectivity index is 3.04. The average Bonchev–Trinajstić information content (AvgIpc) is 2.32. The fourth-order valence-corrected chi connectivity index (χ4v) is 0.832. The third-order valence-electron chi connectivity index (χ3n) is 1.05. The summed E-state index contributed by atoms with van der Waals surface area (Å²) in [4.78, 5) is 10.8. The van der Waals surface area contributed by atoms with Crippen molar-refractivity contribution in [1.82, 2.24) is 10.2 Å². The van der Waals surface area contributed by atoms with E-state index in [1.54, 1.807) is 0 Å². The molecule has 0 atom stereocenters. The van der Waals surface area contributed by atoms with E-state index >= 15 is 0 Å². The third-order valence-corrected chi connectivity index (χ3v) is 1.78. The van der Waals surface area contributed by atoms with Gasteiger partial charge in [0.25, 0.3) is 0 Å². The van der Waals surface area contributed by atoms with Crippen molar-refractivity contribution in [1.29, 1.82) is 0 Å². The first kappa shape index (κ1) is 8.36. The predicted octanol–water partition coefficient (Wildman–Crippen LogP) is 1.50. The minimum Gasteiger partial charge on any atom is -0.464 e. The van der Waals surface area contributed by atoms with Crippen molar-refractivity contribution in [2.24, 2.45) is 0 Å². The molecule has 1 rings (SSSR count).